The van der Waals surface area contributed by atoms with E-state index < -0.39 is 0 Å². The first-order chi connectivity index (χ1) is 8.08. The highest BCUT2D eigenvalue weighted by atomic mass is 16.3. The Morgan fingerprint density at radius 1 is 1.29 bits per heavy atom. The second-order valence-corrected chi connectivity index (χ2v) is 5.35. The van der Waals surface area contributed by atoms with Crippen molar-refractivity contribution in [2.45, 2.75) is 52.2 Å². The predicted molar refractivity (Wildman–Crippen MR) is 71.4 cm³/mol. The van der Waals surface area contributed by atoms with Crippen LogP contribution in [-0.4, -0.2) is 23.8 Å². The molecule has 0 saturated carbocycles. The lowest BCUT2D eigenvalue weighted by Crippen LogP contribution is -2.36. The molecule has 2 rings (SSSR count). The topological polar surface area (TPSA) is 32.3 Å². The number of benzene rings is 1. The summed E-state index contributed by atoms with van der Waals surface area (Å²) in [5.74, 6) is 0. The van der Waals surface area contributed by atoms with Crippen molar-refractivity contribution < 1.29 is 5.11 Å². The summed E-state index contributed by atoms with van der Waals surface area (Å²) in [6.07, 6.45) is 2.81. The number of nitrogens with one attached hydrogen (secondary N) is 1. The Morgan fingerprint density at radius 2 is 1.94 bits per heavy atom. The molecule has 0 aromatic heterocycles. The standard InChI is InChI=1S/C15H23NO/c1-10-7-11(2)13(12(3)8-10)9-15(17)14-5-4-6-16-14/h7-8,14-17H,4-6,9H2,1-3H3. The van der Waals surface area contributed by atoms with Crippen LogP contribution in [0.2, 0.25) is 0 Å². The summed E-state index contributed by atoms with van der Waals surface area (Å²) in [5, 5.41) is 13.6. The van der Waals surface area contributed by atoms with Gasteiger partial charge in [0.05, 0.1) is 6.10 Å². The maximum atomic E-state index is 10.3. The summed E-state index contributed by atoms with van der Waals surface area (Å²) in [6.45, 7) is 7.46. The van der Waals surface area contributed by atoms with E-state index in [1.165, 1.54) is 28.7 Å². The zero-order chi connectivity index (χ0) is 12.4. The zero-order valence-corrected chi connectivity index (χ0v) is 11.1. The molecule has 2 N–H and O–H groups in total. The fourth-order valence-corrected chi connectivity index (χ4v) is 2.92. The monoisotopic (exact) mass is 233 g/mol. The van der Waals surface area contributed by atoms with Crippen LogP contribution in [-0.2, 0) is 6.42 Å². The molecule has 17 heavy (non-hydrogen) atoms. The Labute approximate surface area is 104 Å². The van der Waals surface area contributed by atoms with E-state index in [1.807, 2.05) is 0 Å². The smallest absolute Gasteiger partial charge is 0.0733 e. The summed E-state index contributed by atoms with van der Waals surface area (Å²) in [7, 11) is 0. The number of aliphatic hydroxyl groups excluding tert-OH is 1. The molecule has 1 aromatic carbocycles. The quantitative estimate of drug-likeness (QED) is 0.839. The Hall–Kier alpha value is -0.860. The Kier molecular flexibility index (Phi) is 3.85. The third kappa shape index (κ3) is 2.88. The lowest BCUT2D eigenvalue weighted by atomic mass is 9.93. The van der Waals surface area contributed by atoms with Crippen molar-refractivity contribution in [1.82, 2.24) is 5.32 Å². The highest BCUT2D eigenvalue weighted by Gasteiger charge is 2.23. The molecule has 2 nitrogen and oxygen atoms in total. The van der Waals surface area contributed by atoms with Crippen molar-refractivity contribution >= 4 is 0 Å². The maximum absolute atomic E-state index is 10.3. The van der Waals surface area contributed by atoms with Gasteiger partial charge in [-0.15, -0.1) is 0 Å². The van der Waals surface area contributed by atoms with Crippen LogP contribution in [0.5, 0.6) is 0 Å². The third-order valence-corrected chi connectivity index (χ3v) is 3.82. The van der Waals surface area contributed by atoms with Gasteiger partial charge in [0.2, 0.25) is 0 Å². The van der Waals surface area contributed by atoms with Gasteiger partial charge in [-0.1, -0.05) is 17.7 Å². The largest absolute Gasteiger partial charge is 0.391 e. The van der Waals surface area contributed by atoms with E-state index in [2.05, 4.69) is 38.2 Å². The van der Waals surface area contributed by atoms with Gasteiger partial charge in [-0.05, 0) is 56.8 Å². The van der Waals surface area contributed by atoms with Crippen molar-refractivity contribution in [3.8, 4) is 0 Å². The van der Waals surface area contributed by atoms with Crippen molar-refractivity contribution in [3.05, 3.63) is 34.4 Å². The number of hydrogen-bond donors (Lipinski definition) is 2. The molecule has 2 heteroatoms. The average Bonchev–Trinajstić information content (AvgIpc) is 2.76. The van der Waals surface area contributed by atoms with Gasteiger partial charge < -0.3 is 10.4 Å². The van der Waals surface area contributed by atoms with Crippen LogP contribution in [0.15, 0.2) is 12.1 Å². The number of hydrogen-bond acceptors (Lipinski definition) is 2. The molecule has 2 unspecified atom stereocenters. The molecule has 0 bridgehead atoms. The van der Waals surface area contributed by atoms with Crippen molar-refractivity contribution in [3.63, 3.8) is 0 Å². The van der Waals surface area contributed by atoms with E-state index >= 15 is 0 Å². The molecule has 1 aromatic rings. The summed E-state index contributed by atoms with van der Waals surface area (Å²) in [4.78, 5) is 0. The summed E-state index contributed by atoms with van der Waals surface area (Å²) >= 11 is 0. The Morgan fingerprint density at radius 3 is 2.47 bits per heavy atom. The first-order valence-electron chi connectivity index (χ1n) is 6.56. The summed E-state index contributed by atoms with van der Waals surface area (Å²) in [5.41, 5.74) is 5.23. The molecule has 0 amide bonds. The highest BCUT2D eigenvalue weighted by molar-refractivity contribution is 5.38. The van der Waals surface area contributed by atoms with Crippen LogP contribution in [0, 0.1) is 20.8 Å². The van der Waals surface area contributed by atoms with Gasteiger partial charge in [-0.2, -0.15) is 0 Å². The third-order valence-electron chi connectivity index (χ3n) is 3.82. The van der Waals surface area contributed by atoms with Gasteiger partial charge in [0.25, 0.3) is 0 Å². The highest BCUT2D eigenvalue weighted by Crippen LogP contribution is 2.20. The average molecular weight is 233 g/mol. The molecule has 1 fully saturated rings. The minimum absolute atomic E-state index is 0.252. The molecule has 1 saturated heterocycles. The first kappa shape index (κ1) is 12.6. The number of aliphatic hydroxyl groups is 1. The predicted octanol–water partition coefficient (Wildman–Crippen LogP) is 2.27. The van der Waals surface area contributed by atoms with E-state index in [9.17, 15) is 5.11 Å². The molecule has 1 aliphatic heterocycles. The van der Waals surface area contributed by atoms with Crippen LogP contribution in [0.4, 0.5) is 0 Å². The Balaban J connectivity index is 2.12. The van der Waals surface area contributed by atoms with Crippen molar-refractivity contribution in [2.24, 2.45) is 0 Å². The van der Waals surface area contributed by atoms with Gasteiger partial charge in [0.1, 0.15) is 0 Å². The molecule has 94 valence electrons. The molecular formula is C15H23NO. The van der Waals surface area contributed by atoms with Crippen LogP contribution in [0.25, 0.3) is 0 Å². The normalized spacial score (nSPS) is 21.8. The maximum Gasteiger partial charge on any atom is 0.0733 e. The van der Waals surface area contributed by atoms with E-state index in [0.717, 1.165) is 19.4 Å². The van der Waals surface area contributed by atoms with Gasteiger partial charge in [-0.3, -0.25) is 0 Å². The SMILES string of the molecule is Cc1cc(C)c(CC(O)C2CCCN2)c(C)c1. The number of aryl methyl sites for hydroxylation is 3. The van der Waals surface area contributed by atoms with Gasteiger partial charge >= 0.3 is 0 Å². The van der Waals surface area contributed by atoms with E-state index in [-0.39, 0.29) is 12.1 Å². The van der Waals surface area contributed by atoms with Crippen LogP contribution < -0.4 is 5.32 Å². The van der Waals surface area contributed by atoms with Gasteiger partial charge in [0, 0.05) is 12.5 Å². The minimum Gasteiger partial charge on any atom is -0.391 e. The van der Waals surface area contributed by atoms with E-state index in [0.29, 0.717) is 0 Å². The molecule has 0 spiro atoms. The van der Waals surface area contributed by atoms with Crippen LogP contribution in [0.1, 0.15) is 35.1 Å². The van der Waals surface area contributed by atoms with Crippen LogP contribution in [0.3, 0.4) is 0 Å². The fraction of sp³-hybridized carbons (Fsp3) is 0.600. The molecule has 0 radical (unpaired) electrons. The zero-order valence-electron chi connectivity index (χ0n) is 11.1. The fourth-order valence-electron chi connectivity index (χ4n) is 2.92. The molecule has 1 heterocycles. The van der Waals surface area contributed by atoms with E-state index in [4.69, 9.17) is 0 Å². The first-order valence-corrected chi connectivity index (χ1v) is 6.56. The minimum atomic E-state index is -0.252. The van der Waals surface area contributed by atoms with E-state index in [1.54, 1.807) is 0 Å². The Bertz CT molecular complexity index is 371. The second-order valence-electron chi connectivity index (χ2n) is 5.35. The molecule has 1 aliphatic rings. The second kappa shape index (κ2) is 5.19. The molecular weight excluding hydrogens is 210 g/mol. The van der Waals surface area contributed by atoms with Gasteiger partial charge in [0.15, 0.2) is 0 Å². The number of rotatable bonds is 3. The van der Waals surface area contributed by atoms with Gasteiger partial charge in [-0.25, -0.2) is 0 Å². The summed E-state index contributed by atoms with van der Waals surface area (Å²) in [6, 6.07) is 4.70. The van der Waals surface area contributed by atoms with Crippen molar-refractivity contribution in [1.29, 1.82) is 0 Å². The lowest BCUT2D eigenvalue weighted by Gasteiger charge is -2.20. The summed E-state index contributed by atoms with van der Waals surface area (Å²) < 4.78 is 0. The molecule has 2 atom stereocenters. The van der Waals surface area contributed by atoms with Crippen LogP contribution >= 0.6 is 0 Å². The molecule has 0 aliphatic carbocycles. The lowest BCUT2D eigenvalue weighted by molar-refractivity contribution is 0.135. The van der Waals surface area contributed by atoms with Crippen molar-refractivity contribution in [2.75, 3.05) is 6.54 Å².